The van der Waals surface area contributed by atoms with Crippen molar-refractivity contribution in [3.63, 3.8) is 0 Å². The smallest absolute Gasteiger partial charge is 0.306 e. The standard InChI is InChI=1S/C21H40O2/c1-4-6-7-8-9-10-11-12-13-14-15-16-17-19-20(3)23-21(22)18-5-2/h12-13,20H,4-11,14-19H2,1-3H3/t20-/m0/s1. The van der Waals surface area contributed by atoms with Gasteiger partial charge in [0.25, 0.3) is 0 Å². The number of carbonyl (C=O) groups excluding carboxylic acids is 1. The lowest BCUT2D eigenvalue weighted by Gasteiger charge is -2.12. The van der Waals surface area contributed by atoms with Crippen LogP contribution in [0.5, 0.6) is 0 Å². The Labute approximate surface area is 145 Å². The molecule has 0 radical (unpaired) electrons. The highest BCUT2D eigenvalue weighted by molar-refractivity contribution is 5.69. The predicted molar refractivity (Wildman–Crippen MR) is 101 cm³/mol. The van der Waals surface area contributed by atoms with Crippen molar-refractivity contribution in [1.29, 1.82) is 0 Å². The second kappa shape index (κ2) is 17.6. The van der Waals surface area contributed by atoms with Crippen LogP contribution in [0.3, 0.4) is 0 Å². The van der Waals surface area contributed by atoms with Crippen LogP contribution >= 0.6 is 0 Å². The van der Waals surface area contributed by atoms with Gasteiger partial charge < -0.3 is 4.74 Å². The maximum absolute atomic E-state index is 11.4. The quantitative estimate of drug-likeness (QED) is 0.174. The molecular weight excluding hydrogens is 284 g/mol. The number of carbonyl (C=O) groups is 1. The number of hydrogen-bond acceptors (Lipinski definition) is 2. The Morgan fingerprint density at radius 2 is 1.39 bits per heavy atom. The van der Waals surface area contributed by atoms with E-state index in [1.165, 1.54) is 64.2 Å². The molecule has 136 valence electrons. The van der Waals surface area contributed by atoms with Crippen molar-refractivity contribution in [3.05, 3.63) is 12.2 Å². The van der Waals surface area contributed by atoms with Crippen molar-refractivity contribution in [2.75, 3.05) is 0 Å². The molecule has 0 heterocycles. The number of esters is 1. The van der Waals surface area contributed by atoms with E-state index in [1.807, 2.05) is 13.8 Å². The van der Waals surface area contributed by atoms with Crippen LogP contribution in [-0.2, 0) is 9.53 Å². The minimum absolute atomic E-state index is 0.0439. The van der Waals surface area contributed by atoms with Gasteiger partial charge in [-0.15, -0.1) is 0 Å². The first-order chi connectivity index (χ1) is 11.2. The van der Waals surface area contributed by atoms with Crippen LogP contribution in [0.1, 0.15) is 111 Å². The molecule has 2 nitrogen and oxygen atoms in total. The average Bonchev–Trinajstić information content (AvgIpc) is 2.52. The molecule has 0 saturated heterocycles. The zero-order valence-electron chi connectivity index (χ0n) is 15.9. The fourth-order valence-electron chi connectivity index (χ4n) is 2.70. The summed E-state index contributed by atoms with van der Waals surface area (Å²) in [5.41, 5.74) is 0. The van der Waals surface area contributed by atoms with Crippen LogP contribution in [0.15, 0.2) is 12.2 Å². The topological polar surface area (TPSA) is 26.3 Å². The lowest BCUT2D eigenvalue weighted by Crippen LogP contribution is -2.14. The first kappa shape index (κ1) is 22.2. The number of rotatable bonds is 16. The molecule has 2 heteroatoms. The summed E-state index contributed by atoms with van der Waals surface area (Å²) in [4.78, 5) is 11.4. The summed E-state index contributed by atoms with van der Waals surface area (Å²) < 4.78 is 5.34. The molecule has 0 aliphatic rings. The summed E-state index contributed by atoms with van der Waals surface area (Å²) in [6, 6.07) is 0. The van der Waals surface area contributed by atoms with Crippen molar-refractivity contribution in [1.82, 2.24) is 0 Å². The van der Waals surface area contributed by atoms with Gasteiger partial charge in [-0.05, 0) is 51.9 Å². The molecule has 0 amide bonds. The summed E-state index contributed by atoms with van der Waals surface area (Å²) in [5, 5.41) is 0. The van der Waals surface area contributed by atoms with Crippen LogP contribution in [0.2, 0.25) is 0 Å². The maximum Gasteiger partial charge on any atom is 0.306 e. The van der Waals surface area contributed by atoms with Gasteiger partial charge in [0.15, 0.2) is 0 Å². The molecule has 1 atom stereocenters. The second-order valence-electron chi connectivity index (χ2n) is 6.72. The van der Waals surface area contributed by atoms with Gasteiger partial charge in [-0.25, -0.2) is 0 Å². The minimum atomic E-state index is -0.0439. The molecule has 0 aromatic rings. The average molecular weight is 325 g/mol. The molecule has 0 N–H and O–H groups in total. The molecule has 0 aromatic heterocycles. The Balaban J connectivity index is 3.28. The van der Waals surface area contributed by atoms with Gasteiger partial charge in [-0.1, -0.05) is 64.5 Å². The lowest BCUT2D eigenvalue weighted by atomic mass is 10.1. The molecule has 0 aromatic carbocycles. The normalized spacial score (nSPS) is 12.7. The second-order valence-corrected chi connectivity index (χ2v) is 6.72. The van der Waals surface area contributed by atoms with Gasteiger partial charge in [0.05, 0.1) is 6.10 Å². The summed E-state index contributed by atoms with van der Waals surface area (Å²) in [6.07, 6.45) is 21.6. The van der Waals surface area contributed by atoms with Gasteiger partial charge in [0, 0.05) is 6.42 Å². The Morgan fingerprint density at radius 1 is 0.826 bits per heavy atom. The molecular formula is C21H40O2. The highest BCUT2D eigenvalue weighted by Gasteiger charge is 2.07. The third-order valence-electron chi connectivity index (χ3n) is 4.16. The van der Waals surface area contributed by atoms with E-state index in [9.17, 15) is 4.79 Å². The summed E-state index contributed by atoms with van der Waals surface area (Å²) >= 11 is 0. The van der Waals surface area contributed by atoms with Gasteiger partial charge in [0.1, 0.15) is 0 Å². The molecule has 0 spiro atoms. The van der Waals surface area contributed by atoms with Gasteiger partial charge in [-0.3, -0.25) is 4.79 Å². The Bertz CT molecular complexity index is 284. The SMILES string of the molecule is CCCCCCCCC=CCCCCC[C@H](C)OC(=O)CCC. The van der Waals surface area contributed by atoms with E-state index in [-0.39, 0.29) is 12.1 Å². The molecule has 0 bridgehead atoms. The molecule has 0 rings (SSSR count). The first-order valence-electron chi connectivity index (χ1n) is 10.0. The van der Waals surface area contributed by atoms with Crippen molar-refractivity contribution < 1.29 is 9.53 Å². The fraction of sp³-hybridized carbons (Fsp3) is 0.857. The number of unbranched alkanes of at least 4 members (excludes halogenated alkanes) is 9. The van der Waals surface area contributed by atoms with E-state index >= 15 is 0 Å². The Kier molecular flexibility index (Phi) is 17.0. The third-order valence-corrected chi connectivity index (χ3v) is 4.16. The zero-order chi connectivity index (χ0) is 17.2. The van der Waals surface area contributed by atoms with Crippen molar-refractivity contribution in [2.24, 2.45) is 0 Å². The molecule has 0 aliphatic carbocycles. The molecule has 23 heavy (non-hydrogen) atoms. The Hall–Kier alpha value is -0.790. The van der Waals surface area contributed by atoms with E-state index < -0.39 is 0 Å². The molecule has 0 saturated carbocycles. The highest BCUT2D eigenvalue weighted by Crippen LogP contribution is 2.11. The van der Waals surface area contributed by atoms with Crippen molar-refractivity contribution in [3.8, 4) is 0 Å². The molecule has 0 aliphatic heterocycles. The zero-order valence-corrected chi connectivity index (χ0v) is 15.9. The summed E-state index contributed by atoms with van der Waals surface area (Å²) in [5.74, 6) is -0.0439. The van der Waals surface area contributed by atoms with Crippen molar-refractivity contribution in [2.45, 2.75) is 117 Å². The number of ether oxygens (including phenoxy) is 1. The van der Waals surface area contributed by atoms with E-state index in [1.54, 1.807) is 0 Å². The van der Waals surface area contributed by atoms with E-state index in [0.29, 0.717) is 6.42 Å². The summed E-state index contributed by atoms with van der Waals surface area (Å²) in [7, 11) is 0. The van der Waals surface area contributed by atoms with Crippen LogP contribution < -0.4 is 0 Å². The van der Waals surface area contributed by atoms with Crippen molar-refractivity contribution >= 4 is 5.97 Å². The number of allylic oxidation sites excluding steroid dienone is 2. The first-order valence-corrected chi connectivity index (χ1v) is 10.0. The summed E-state index contributed by atoms with van der Waals surface area (Å²) in [6.45, 7) is 6.28. The van der Waals surface area contributed by atoms with E-state index in [2.05, 4.69) is 19.1 Å². The predicted octanol–water partition coefficient (Wildman–Crippen LogP) is 6.98. The maximum atomic E-state index is 11.4. The Morgan fingerprint density at radius 3 is 2.00 bits per heavy atom. The number of hydrogen-bond donors (Lipinski definition) is 0. The van der Waals surface area contributed by atoms with Crippen LogP contribution in [0.4, 0.5) is 0 Å². The third kappa shape index (κ3) is 17.4. The largest absolute Gasteiger partial charge is 0.463 e. The molecule has 0 fully saturated rings. The van der Waals surface area contributed by atoms with Gasteiger partial charge in [0.2, 0.25) is 0 Å². The van der Waals surface area contributed by atoms with Crippen LogP contribution in [-0.4, -0.2) is 12.1 Å². The van der Waals surface area contributed by atoms with E-state index in [4.69, 9.17) is 4.74 Å². The lowest BCUT2D eigenvalue weighted by molar-refractivity contribution is -0.148. The fourth-order valence-corrected chi connectivity index (χ4v) is 2.70. The highest BCUT2D eigenvalue weighted by atomic mass is 16.5. The van der Waals surface area contributed by atoms with Gasteiger partial charge >= 0.3 is 5.97 Å². The monoisotopic (exact) mass is 324 g/mol. The van der Waals surface area contributed by atoms with Crippen LogP contribution in [0, 0.1) is 0 Å². The van der Waals surface area contributed by atoms with Gasteiger partial charge in [-0.2, -0.15) is 0 Å². The van der Waals surface area contributed by atoms with E-state index in [0.717, 1.165) is 19.3 Å². The molecule has 0 unspecified atom stereocenters. The van der Waals surface area contributed by atoms with Crippen LogP contribution in [0.25, 0.3) is 0 Å². The minimum Gasteiger partial charge on any atom is -0.463 e.